The molecule has 1 saturated carbocycles. The van der Waals surface area contributed by atoms with E-state index in [0.29, 0.717) is 12.5 Å². The summed E-state index contributed by atoms with van der Waals surface area (Å²) in [6.07, 6.45) is 2.17. The van der Waals surface area contributed by atoms with Crippen LogP contribution in [0.5, 0.6) is 0 Å². The fraction of sp³-hybridized carbons (Fsp3) is 0.462. The average molecular weight is 270 g/mol. The van der Waals surface area contributed by atoms with Crippen molar-refractivity contribution in [2.45, 2.75) is 18.9 Å². The summed E-state index contributed by atoms with van der Waals surface area (Å²) in [7, 11) is 1.11. The van der Waals surface area contributed by atoms with Gasteiger partial charge in [-0.25, -0.2) is 13.6 Å². The quantitative estimate of drug-likeness (QED) is 0.802. The highest BCUT2D eigenvalue weighted by molar-refractivity contribution is 5.90. The Bertz CT molecular complexity index is 490. The molecule has 0 heterocycles. The number of carbonyl (C=O) groups excluding carboxylic acids is 1. The van der Waals surface area contributed by atoms with Gasteiger partial charge in [-0.15, -0.1) is 0 Å². The molecular formula is C13H16F2N2O2. The van der Waals surface area contributed by atoms with Gasteiger partial charge in [0, 0.05) is 12.6 Å². The van der Waals surface area contributed by atoms with Crippen LogP contribution < -0.4 is 11.1 Å². The first-order valence-corrected chi connectivity index (χ1v) is 6.10. The van der Waals surface area contributed by atoms with Crippen molar-refractivity contribution in [2.75, 3.05) is 19.0 Å². The number of nitrogens with two attached hydrogens (primary N) is 1. The van der Waals surface area contributed by atoms with Crippen LogP contribution in [0.15, 0.2) is 12.1 Å². The Balaban J connectivity index is 2.09. The summed E-state index contributed by atoms with van der Waals surface area (Å²) < 4.78 is 31.8. The van der Waals surface area contributed by atoms with Gasteiger partial charge in [0.2, 0.25) is 0 Å². The Morgan fingerprint density at radius 2 is 2.16 bits per heavy atom. The molecule has 6 heteroatoms. The minimum atomic E-state index is -1.21. The van der Waals surface area contributed by atoms with Crippen molar-refractivity contribution in [3.63, 3.8) is 0 Å². The summed E-state index contributed by atoms with van der Waals surface area (Å²) in [4.78, 5) is 11.2. The van der Waals surface area contributed by atoms with Crippen molar-refractivity contribution in [3.05, 3.63) is 29.3 Å². The second-order valence-electron chi connectivity index (χ2n) is 4.66. The van der Waals surface area contributed by atoms with Crippen LogP contribution in [0.3, 0.4) is 0 Å². The van der Waals surface area contributed by atoms with Crippen molar-refractivity contribution in [1.29, 1.82) is 0 Å². The Morgan fingerprint density at radius 1 is 1.47 bits per heavy atom. The molecule has 1 unspecified atom stereocenters. The third-order valence-electron chi connectivity index (χ3n) is 3.24. The SMILES string of the molecule is COC(=O)c1ccc(NCC(N)C2CC2)c(F)c1F. The fourth-order valence-electron chi connectivity index (χ4n) is 1.87. The lowest BCUT2D eigenvalue weighted by Gasteiger charge is -2.14. The minimum Gasteiger partial charge on any atom is -0.465 e. The second kappa shape index (κ2) is 5.52. The van der Waals surface area contributed by atoms with E-state index in [-0.39, 0.29) is 11.7 Å². The van der Waals surface area contributed by atoms with Gasteiger partial charge in [-0.3, -0.25) is 0 Å². The van der Waals surface area contributed by atoms with E-state index < -0.39 is 23.2 Å². The number of hydrogen-bond acceptors (Lipinski definition) is 4. The number of ether oxygens (including phenoxy) is 1. The lowest BCUT2D eigenvalue weighted by molar-refractivity contribution is 0.0594. The van der Waals surface area contributed by atoms with E-state index in [1.54, 1.807) is 0 Å². The molecule has 0 saturated heterocycles. The van der Waals surface area contributed by atoms with Crippen molar-refractivity contribution in [3.8, 4) is 0 Å². The number of rotatable bonds is 5. The largest absolute Gasteiger partial charge is 0.465 e. The van der Waals surface area contributed by atoms with Crippen LogP contribution in [0.1, 0.15) is 23.2 Å². The number of benzene rings is 1. The predicted octanol–water partition coefficient (Wildman–Crippen LogP) is 1.90. The van der Waals surface area contributed by atoms with Crippen molar-refractivity contribution in [2.24, 2.45) is 11.7 Å². The number of hydrogen-bond donors (Lipinski definition) is 2. The van der Waals surface area contributed by atoms with E-state index in [9.17, 15) is 13.6 Å². The Hall–Kier alpha value is -1.69. The van der Waals surface area contributed by atoms with E-state index in [2.05, 4.69) is 10.1 Å². The molecule has 1 aromatic carbocycles. The lowest BCUT2D eigenvalue weighted by atomic mass is 10.1. The number of carbonyl (C=O) groups is 1. The molecule has 0 radical (unpaired) electrons. The predicted molar refractivity (Wildman–Crippen MR) is 66.9 cm³/mol. The third-order valence-corrected chi connectivity index (χ3v) is 3.24. The fourth-order valence-corrected chi connectivity index (χ4v) is 1.87. The molecule has 0 aromatic heterocycles. The molecule has 1 atom stereocenters. The molecule has 4 nitrogen and oxygen atoms in total. The summed E-state index contributed by atoms with van der Waals surface area (Å²) in [5.41, 5.74) is 5.44. The van der Waals surface area contributed by atoms with Crippen LogP contribution in [-0.4, -0.2) is 25.7 Å². The van der Waals surface area contributed by atoms with Crippen LogP contribution in [0.25, 0.3) is 0 Å². The van der Waals surface area contributed by atoms with E-state index in [1.807, 2.05) is 0 Å². The zero-order chi connectivity index (χ0) is 14.0. The normalized spacial score (nSPS) is 16.0. The molecule has 1 aliphatic carbocycles. The lowest BCUT2D eigenvalue weighted by Crippen LogP contribution is -2.31. The van der Waals surface area contributed by atoms with Crippen molar-refractivity contribution in [1.82, 2.24) is 0 Å². The standard InChI is InChI=1S/C13H16F2N2O2/c1-19-13(18)8-4-5-10(12(15)11(8)14)17-6-9(16)7-2-3-7/h4-5,7,9,17H,2-3,6,16H2,1H3. The van der Waals surface area contributed by atoms with Gasteiger partial charge in [0.25, 0.3) is 0 Å². The number of esters is 1. The van der Waals surface area contributed by atoms with Gasteiger partial charge in [0.15, 0.2) is 11.6 Å². The van der Waals surface area contributed by atoms with E-state index in [1.165, 1.54) is 12.1 Å². The van der Waals surface area contributed by atoms with E-state index in [0.717, 1.165) is 20.0 Å². The van der Waals surface area contributed by atoms with Crippen LogP contribution in [-0.2, 0) is 4.74 Å². The first kappa shape index (κ1) is 13.7. The maximum absolute atomic E-state index is 13.7. The molecule has 3 N–H and O–H groups in total. The molecule has 0 aliphatic heterocycles. The number of halogens is 2. The van der Waals surface area contributed by atoms with E-state index in [4.69, 9.17) is 5.73 Å². The average Bonchev–Trinajstić information content (AvgIpc) is 3.23. The van der Waals surface area contributed by atoms with Gasteiger partial charge in [0.05, 0.1) is 18.4 Å². The second-order valence-corrected chi connectivity index (χ2v) is 4.66. The Kier molecular flexibility index (Phi) is 3.99. The van der Waals surface area contributed by atoms with Crippen LogP contribution >= 0.6 is 0 Å². The summed E-state index contributed by atoms with van der Waals surface area (Å²) in [6, 6.07) is 2.43. The number of nitrogens with one attached hydrogen (secondary N) is 1. The molecule has 1 aliphatic rings. The summed E-state index contributed by atoms with van der Waals surface area (Å²) >= 11 is 0. The highest BCUT2D eigenvalue weighted by Crippen LogP contribution is 2.31. The monoisotopic (exact) mass is 270 g/mol. The van der Waals surface area contributed by atoms with Gasteiger partial charge in [-0.1, -0.05) is 0 Å². The summed E-state index contributed by atoms with van der Waals surface area (Å²) in [5, 5.41) is 2.77. The Morgan fingerprint density at radius 3 is 2.74 bits per heavy atom. The van der Waals surface area contributed by atoms with Gasteiger partial charge >= 0.3 is 5.97 Å². The molecule has 0 amide bonds. The highest BCUT2D eigenvalue weighted by Gasteiger charge is 2.28. The first-order chi connectivity index (χ1) is 9.04. The minimum absolute atomic E-state index is 0.00116. The van der Waals surface area contributed by atoms with Crippen LogP contribution in [0.2, 0.25) is 0 Å². The molecule has 1 fully saturated rings. The van der Waals surface area contributed by atoms with Gasteiger partial charge in [-0.05, 0) is 30.9 Å². The maximum Gasteiger partial charge on any atom is 0.340 e. The van der Waals surface area contributed by atoms with Crippen LogP contribution in [0, 0.1) is 17.6 Å². The smallest absolute Gasteiger partial charge is 0.340 e. The zero-order valence-electron chi connectivity index (χ0n) is 10.6. The highest BCUT2D eigenvalue weighted by atomic mass is 19.2. The number of anilines is 1. The molecular weight excluding hydrogens is 254 g/mol. The Labute approximate surface area is 109 Å². The van der Waals surface area contributed by atoms with E-state index >= 15 is 0 Å². The van der Waals surface area contributed by atoms with Crippen molar-refractivity contribution < 1.29 is 18.3 Å². The zero-order valence-corrected chi connectivity index (χ0v) is 10.6. The molecule has 104 valence electrons. The molecule has 0 bridgehead atoms. The van der Waals surface area contributed by atoms with Gasteiger partial charge < -0.3 is 15.8 Å². The number of methoxy groups -OCH3 is 1. The maximum atomic E-state index is 13.7. The summed E-state index contributed by atoms with van der Waals surface area (Å²) in [6.45, 7) is 0.374. The van der Waals surface area contributed by atoms with Gasteiger partial charge in [-0.2, -0.15) is 0 Å². The van der Waals surface area contributed by atoms with Crippen LogP contribution in [0.4, 0.5) is 14.5 Å². The van der Waals surface area contributed by atoms with Gasteiger partial charge in [0.1, 0.15) is 0 Å². The van der Waals surface area contributed by atoms with Crippen molar-refractivity contribution >= 4 is 11.7 Å². The molecule has 2 rings (SSSR count). The topological polar surface area (TPSA) is 64.3 Å². The summed E-state index contributed by atoms with van der Waals surface area (Å²) in [5.74, 6) is -2.74. The first-order valence-electron chi connectivity index (χ1n) is 6.10. The molecule has 19 heavy (non-hydrogen) atoms. The third kappa shape index (κ3) is 3.01. The molecule has 0 spiro atoms. The molecule has 1 aromatic rings.